The number of hydrogen-bond donors (Lipinski definition) is 2. The fraction of sp³-hybridized carbons (Fsp3) is 0.263. The molecule has 126 valence electrons. The summed E-state index contributed by atoms with van der Waals surface area (Å²) in [5.41, 5.74) is 1.58. The van der Waals surface area contributed by atoms with E-state index in [1.165, 1.54) is 0 Å². The third-order valence-electron chi connectivity index (χ3n) is 3.71. The average Bonchev–Trinajstić information content (AvgIpc) is 2.58. The van der Waals surface area contributed by atoms with Crippen molar-refractivity contribution in [1.82, 2.24) is 0 Å². The molecule has 0 unspecified atom stereocenters. The van der Waals surface area contributed by atoms with Gasteiger partial charge >= 0.3 is 5.97 Å². The van der Waals surface area contributed by atoms with Crippen molar-refractivity contribution in [2.75, 3.05) is 11.9 Å². The van der Waals surface area contributed by atoms with E-state index in [1.54, 1.807) is 32.0 Å². The molecule has 0 aromatic heterocycles. The van der Waals surface area contributed by atoms with Crippen molar-refractivity contribution in [3.8, 4) is 5.75 Å². The van der Waals surface area contributed by atoms with Gasteiger partial charge in [-0.05, 0) is 25.5 Å². The van der Waals surface area contributed by atoms with Crippen LogP contribution in [0.3, 0.4) is 0 Å². The molecule has 2 N–H and O–H groups in total. The van der Waals surface area contributed by atoms with Gasteiger partial charge in [-0.1, -0.05) is 42.5 Å². The summed E-state index contributed by atoms with van der Waals surface area (Å²) in [5, 5.41) is 13.0. The van der Waals surface area contributed by atoms with Crippen LogP contribution in [0.2, 0.25) is 0 Å². The minimum atomic E-state index is -0.422. The molecule has 0 aliphatic rings. The van der Waals surface area contributed by atoms with Gasteiger partial charge in [0.2, 0.25) is 5.91 Å². The molecule has 0 saturated carbocycles. The first-order valence-corrected chi connectivity index (χ1v) is 7.85. The molecule has 0 saturated heterocycles. The van der Waals surface area contributed by atoms with Gasteiger partial charge in [0.1, 0.15) is 5.75 Å². The minimum Gasteiger partial charge on any atom is -0.505 e. The van der Waals surface area contributed by atoms with E-state index in [2.05, 4.69) is 5.32 Å². The maximum atomic E-state index is 12.4. The number of aromatic hydroxyl groups is 1. The van der Waals surface area contributed by atoms with Crippen LogP contribution in [0, 0.1) is 0 Å². The molecule has 0 spiro atoms. The molecule has 5 nitrogen and oxygen atoms in total. The highest BCUT2D eigenvalue weighted by Crippen LogP contribution is 2.29. The largest absolute Gasteiger partial charge is 0.505 e. The van der Waals surface area contributed by atoms with E-state index in [-0.39, 0.29) is 36.3 Å². The van der Waals surface area contributed by atoms with E-state index in [4.69, 9.17) is 4.74 Å². The summed E-state index contributed by atoms with van der Waals surface area (Å²) in [6, 6.07) is 14.3. The number of ether oxygens (including phenoxy) is 1. The Balaban J connectivity index is 2.12. The Bertz CT molecular complexity index is 713. The third-order valence-corrected chi connectivity index (χ3v) is 3.71. The van der Waals surface area contributed by atoms with Gasteiger partial charge in [0.05, 0.1) is 24.6 Å². The number of anilines is 1. The lowest BCUT2D eigenvalue weighted by atomic mass is 10.0. The second-order valence-corrected chi connectivity index (χ2v) is 5.42. The number of esters is 1. The first kappa shape index (κ1) is 17.5. The van der Waals surface area contributed by atoms with E-state index >= 15 is 0 Å². The highest BCUT2D eigenvalue weighted by Gasteiger charge is 2.18. The van der Waals surface area contributed by atoms with E-state index < -0.39 is 5.97 Å². The quantitative estimate of drug-likeness (QED) is 0.631. The second kappa shape index (κ2) is 8.15. The van der Waals surface area contributed by atoms with E-state index in [0.717, 1.165) is 5.56 Å². The first-order valence-electron chi connectivity index (χ1n) is 7.85. The summed E-state index contributed by atoms with van der Waals surface area (Å²) in [5.74, 6) is -1.13. The number of nitrogens with one attached hydrogen (secondary N) is 1. The lowest BCUT2D eigenvalue weighted by molar-refractivity contribution is -0.142. The predicted octanol–water partition coefficient (Wildman–Crippen LogP) is 3.24. The van der Waals surface area contributed by atoms with Crippen LogP contribution < -0.4 is 5.32 Å². The standard InChI is InChI=1S/C19H21NO4/c1-3-24-17(21)12-15-10-7-11-16(18(15)22)20-19(23)13(2)14-8-5-4-6-9-14/h4-11,13,22H,3,12H2,1-2H3,(H,20,23)/t13-/m0/s1. The molecule has 0 aliphatic heterocycles. The monoisotopic (exact) mass is 327 g/mol. The second-order valence-electron chi connectivity index (χ2n) is 5.42. The number of phenols is 1. The summed E-state index contributed by atoms with van der Waals surface area (Å²) >= 11 is 0. The Hall–Kier alpha value is -2.82. The van der Waals surface area contributed by atoms with Gasteiger partial charge in [-0.2, -0.15) is 0 Å². The van der Waals surface area contributed by atoms with Crippen molar-refractivity contribution in [3.05, 3.63) is 59.7 Å². The maximum absolute atomic E-state index is 12.4. The number of rotatable bonds is 6. The van der Waals surface area contributed by atoms with E-state index in [9.17, 15) is 14.7 Å². The van der Waals surface area contributed by atoms with Crippen molar-refractivity contribution in [1.29, 1.82) is 0 Å². The van der Waals surface area contributed by atoms with Gasteiger partial charge in [0.15, 0.2) is 0 Å². The molecule has 0 fully saturated rings. The number of carbonyl (C=O) groups excluding carboxylic acids is 2. The van der Waals surface area contributed by atoms with Crippen LogP contribution in [0.4, 0.5) is 5.69 Å². The minimum absolute atomic E-state index is 0.0440. The number of carbonyl (C=O) groups is 2. The summed E-state index contributed by atoms with van der Waals surface area (Å²) in [4.78, 5) is 24.0. The molecule has 0 bridgehead atoms. The zero-order chi connectivity index (χ0) is 17.5. The predicted molar refractivity (Wildman–Crippen MR) is 91.9 cm³/mol. The number of phenolic OH excluding ortho intramolecular Hbond substituents is 1. The Kier molecular flexibility index (Phi) is 5.95. The summed E-state index contributed by atoms with van der Waals surface area (Å²) < 4.78 is 4.88. The van der Waals surface area contributed by atoms with Crippen molar-refractivity contribution >= 4 is 17.6 Å². The number of para-hydroxylation sites is 1. The average molecular weight is 327 g/mol. The number of benzene rings is 2. The Morgan fingerprint density at radius 1 is 1.12 bits per heavy atom. The topological polar surface area (TPSA) is 75.6 Å². The molecule has 0 heterocycles. The Morgan fingerprint density at radius 3 is 2.50 bits per heavy atom. The van der Waals surface area contributed by atoms with Gasteiger partial charge in [0, 0.05) is 5.56 Å². The fourth-order valence-electron chi connectivity index (χ4n) is 2.34. The molecule has 0 radical (unpaired) electrons. The van der Waals surface area contributed by atoms with Crippen molar-refractivity contribution in [2.24, 2.45) is 0 Å². The SMILES string of the molecule is CCOC(=O)Cc1cccc(NC(=O)[C@@H](C)c2ccccc2)c1O. The Labute approximate surface area is 141 Å². The lowest BCUT2D eigenvalue weighted by Crippen LogP contribution is -2.19. The highest BCUT2D eigenvalue weighted by molar-refractivity contribution is 5.97. The Morgan fingerprint density at radius 2 is 1.83 bits per heavy atom. The molecule has 2 aromatic carbocycles. The molecule has 2 aromatic rings. The van der Waals surface area contributed by atoms with Gasteiger partial charge in [-0.25, -0.2) is 0 Å². The molecule has 2 rings (SSSR count). The van der Waals surface area contributed by atoms with Crippen molar-refractivity contribution in [2.45, 2.75) is 26.2 Å². The van der Waals surface area contributed by atoms with Crippen LogP contribution in [-0.2, 0) is 20.7 Å². The fourth-order valence-corrected chi connectivity index (χ4v) is 2.34. The molecule has 5 heteroatoms. The van der Waals surface area contributed by atoms with Crippen LogP contribution in [-0.4, -0.2) is 23.6 Å². The van der Waals surface area contributed by atoms with Gasteiger partial charge in [0.25, 0.3) is 0 Å². The zero-order valence-electron chi connectivity index (χ0n) is 13.8. The summed E-state index contributed by atoms with van der Waals surface area (Å²) in [6.07, 6.45) is -0.0440. The molecule has 24 heavy (non-hydrogen) atoms. The maximum Gasteiger partial charge on any atom is 0.310 e. The van der Waals surface area contributed by atoms with Gasteiger partial charge in [-0.15, -0.1) is 0 Å². The lowest BCUT2D eigenvalue weighted by Gasteiger charge is -2.15. The zero-order valence-corrected chi connectivity index (χ0v) is 13.8. The van der Waals surface area contributed by atoms with Crippen LogP contribution in [0.5, 0.6) is 5.75 Å². The third kappa shape index (κ3) is 4.35. The van der Waals surface area contributed by atoms with E-state index in [1.807, 2.05) is 30.3 Å². The van der Waals surface area contributed by atoms with Crippen molar-refractivity contribution in [3.63, 3.8) is 0 Å². The summed E-state index contributed by atoms with van der Waals surface area (Å²) in [7, 11) is 0. The smallest absolute Gasteiger partial charge is 0.310 e. The first-order chi connectivity index (χ1) is 11.5. The van der Waals surface area contributed by atoms with Crippen LogP contribution >= 0.6 is 0 Å². The van der Waals surface area contributed by atoms with Crippen LogP contribution in [0.25, 0.3) is 0 Å². The molecule has 0 aliphatic carbocycles. The van der Waals surface area contributed by atoms with Crippen molar-refractivity contribution < 1.29 is 19.4 Å². The normalized spacial score (nSPS) is 11.6. The van der Waals surface area contributed by atoms with Crippen LogP contribution in [0.1, 0.15) is 30.9 Å². The molecular weight excluding hydrogens is 306 g/mol. The molecule has 1 amide bonds. The molecule has 1 atom stereocenters. The summed E-state index contributed by atoms with van der Waals surface area (Å²) in [6.45, 7) is 3.80. The van der Waals surface area contributed by atoms with E-state index in [0.29, 0.717) is 5.56 Å². The molecular formula is C19H21NO4. The number of hydrogen-bond acceptors (Lipinski definition) is 4. The van der Waals surface area contributed by atoms with Gasteiger partial charge < -0.3 is 15.2 Å². The number of amides is 1. The van der Waals surface area contributed by atoms with Crippen LogP contribution in [0.15, 0.2) is 48.5 Å². The van der Waals surface area contributed by atoms with Gasteiger partial charge in [-0.3, -0.25) is 9.59 Å². The highest BCUT2D eigenvalue weighted by atomic mass is 16.5.